The van der Waals surface area contributed by atoms with E-state index in [1.165, 1.54) is 15.9 Å². The third kappa shape index (κ3) is 3.41. The van der Waals surface area contributed by atoms with Crippen LogP contribution in [-0.2, 0) is 4.74 Å². The molecule has 1 unspecified atom stereocenters. The maximum absolute atomic E-state index is 12.2. The molecular formula is C4BrF7O. The van der Waals surface area contributed by atoms with Crippen LogP contribution in [0.25, 0.3) is 0 Å². The second-order valence-corrected chi connectivity index (χ2v) is 2.67. The Labute approximate surface area is 75.3 Å². The van der Waals surface area contributed by atoms with E-state index in [9.17, 15) is 30.7 Å². The third-order valence-corrected chi connectivity index (χ3v) is 1.31. The molecule has 0 N–H and O–H groups in total. The summed E-state index contributed by atoms with van der Waals surface area (Å²) in [7, 11) is 0. The van der Waals surface area contributed by atoms with Gasteiger partial charge >= 0.3 is 23.0 Å². The van der Waals surface area contributed by atoms with E-state index in [2.05, 4.69) is 4.74 Å². The maximum atomic E-state index is 12.2. The Morgan fingerprint density at radius 1 is 1.00 bits per heavy atom. The lowest BCUT2D eigenvalue weighted by Crippen LogP contribution is -2.36. The fourth-order valence-corrected chi connectivity index (χ4v) is 0.351. The zero-order valence-electron chi connectivity index (χ0n) is 5.43. The molecule has 0 aromatic carbocycles. The normalized spacial score (nSPS) is 16.3. The SMILES string of the molecule is FC(F)=C(F)OC(F)(Br)C(F)(F)F. The molecule has 0 radical (unpaired) electrons. The van der Waals surface area contributed by atoms with Crippen LogP contribution in [0.3, 0.4) is 0 Å². The minimum Gasteiger partial charge on any atom is -0.412 e. The highest BCUT2D eigenvalue weighted by Crippen LogP contribution is 2.42. The predicted octanol–water partition coefficient (Wildman–Crippen LogP) is 3.62. The molecule has 0 aliphatic rings. The number of ether oxygens (including phenoxy) is 1. The van der Waals surface area contributed by atoms with E-state index in [1.807, 2.05) is 0 Å². The Morgan fingerprint density at radius 3 is 1.62 bits per heavy atom. The highest BCUT2D eigenvalue weighted by Gasteiger charge is 2.58. The lowest BCUT2D eigenvalue weighted by Gasteiger charge is -2.20. The lowest BCUT2D eigenvalue weighted by atomic mass is 10.6. The second-order valence-electron chi connectivity index (χ2n) is 1.65. The van der Waals surface area contributed by atoms with Crippen molar-refractivity contribution in [2.45, 2.75) is 10.9 Å². The van der Waals surface area contributed by atoms with Crippen molar-refractivity contribution in [3.8, 4) is 0 Å². The monoisotopic (exact) mass is 276 g/mol. The van der Waals surface area contributed by atoms with Crippen LogP contribution in [0.15, 0.2) is 12.1 Å². The Kier molecular flexibility index (Phi) is 3.59. The molecule has 0 saturated heterocycles. The molecule has 0 amide bonds. The van der Waals surface area contributed by atoms with Crippen molar-refractivity contribution in [3.05, 3.63) is 12.1 Å². The number of rotatable bonds is 2. The van der Waals surface area contributed by atoms with Gasteiger partial charge in [-0.25, -0.2) is 0 Å². The van der Waals surface area contributed by atoms with E-state index in [4.69, 9.17) is 0 Å². The summed E-state index contributed by atoms with van der Waals surface area (Å²) in [5.41, 5.74) is 0. The van der Waals surface area contributed by atoms with Crippen molar-refractivity contribution in [1.82, 2.24) is 0 Å². The largest absolute Gasteiger partial charge is 0.472 e. The molecule has 0 heterocycles. The number of hydrogen-bond donors (Lipinski definition) is 0. The van der Waals surface area contributed by atoms with E-state index in [-0.39, 0.29) is 0 Å². The summed E-state index contributed by atoms with van der Waals surface area (Å²) < 4.78 is 78.6. The van der Waals surface area contributed by atoms with Gasteiger partial charge in [0.25, 0.3) is 0 Å². The molecule has 0 aliphatic carbocycles. The Morgan fingerprint density at radius 2 is 1.38 bits per heavy atom. The first-order valence-corrected chi connectivity index (χ1v) is 3.21. The molecule has 1 nitrogen and oxygen atoms in total. The average Bonchev–Trinajstić information content (AvgIpc) is 1.83. The topological polar surface area (TPSA) is 9.23 Å². The summed E-state index contributed by atoms with van der Waals surface area (Å²) in [4.78, 5) is 0. The molecule has 0 aliphatic heterocycles. The minimum atomic E-state index is -5.67. The first kappa shape index (κ1) is 12.5. The van der Waals surface area contributed by atoms with E-state index in [0.717, 1.165) is 0 Å². The van der Waals surface area contributed by atoms with Crippen LogP contribution >= 0.6 is 15.9 Å². The van der Waals surface area contributed by atoms with Crippen LogP contribution in [0.1, 0.15) is 0 Å². The Bertz CT molecular complexity index is 215. The lowest BCUT2D eigenvalue weighted by molar-refractivity contribution is -0.276. The van der Waals surface area contributed by atoms with Gasteiger partial charge in [-0.05, 0) is 0 Å². The van der Waals surface area contributed by atoms with Crippen molar-refractivity contribution in [2.24, 2.45) is 0 Å². The van der Waals surface area contributed by atoms with Crippen LogP contribution < -0.4 is 0 Å². The van der Waals surface area contributed by atoms with Crippen molar-refractivity contribution >= 4 is 15.9 Å². The Balaban J connectivity index is 4.63. The van der Waals surface area contributed by atoms with Crippen LogP contribution in [-0.4, -0.2) is 10.9 Å². The van der Waals surface area contributed by atoms with Crippen molar-refractivity contribution in [3.63, 3.8) is 0 Å². The van der Waals surface area contributed by atoms with E-state index < -0.39 is 23.0 Å². The van der Waals surface area contributed by atoms with Gasteiger partial charge in [-0.3, -0.25) is 0 Å². The molecule has 0 fully saturated rings. The third-order valence-electron chi connectivity index (χ3n) is 0.696. The molecule has 0 spiro atoms. The fraction of sp³-hybridized carbons (Fsp3) is 0.500. The van der Waals surface area contributed by atoms with Gasteiger partial charge in [0.05, 0.1) is 0 Å². The summed E-state index contributed by atoms with van der Waals surface area (Å²) in [5, 5.41) is 0. The smallest absolute Gasteiger partial charge is 0.412 e. The molecule has 0 rings (SSSR count). The first-order valence-electron chi connectivity index (χ1n) is 2.42. The highest BCUT2D eigenvalue weighted by molar-refractivity contribution is 9.10. The molecule has 78 valence electrons. The molecule has 0 aromatic rings. The van der Waals surface area contributed by atoms with E-state index in [0.29, 0.717) is 0 Å². The molecule has 9 heteroatoms. The predicted molar refractivity (Wildman–Crippen MR) is 30.3 cm³/mol. The minimum absolute atomic E-state index is 1.25. The number of halogens is 8. The zero-order valence-corrected chi connectivity index (χ0v) is 7.02. The van der Waals surface area contributed by atoms with Gasteiger partial charge in [-0.1, -0.05) is 0 Å². The first-order chi connectivity index (χ1) is 5.58. The zero-order chi connectivity index (χ0) is 10.9. The fourth-order valence-electron chi connectivity index (χ4n) is 0.209. The maximum Gasteiger partial charge on any atom is 0.472 e. The molecule has 13 heavy (non-hydrogen) atoms. The molecular weight excluding hydrogens is 277 g/mol. The second kappa shape index (κ2) is 3.72. The Hall–Kier alpha value is -0.470. The standard InChI is InChI=1S/C4BrF7O/c5-3(9,4(10,11)12)13-2(8)1(6)7. The number of hydrogen-bond acceptors (Lipinski definition) is 1. The van der Waals surface area contributed by atoms with Gasteiger partial charge in [0.1, 0.15) is 0 Å². The van der Waals surface area contributed by atoms with Crippen molar-refractivity contribution in [1.29, 1.82) is 0 Å². The van der Waals surface area contributed by atoms with Gasteiger partial charge in [0.15, 0.2) is 0 Å². The molecule has 0 aromatic heterocycles. The summed E-state index contributed by atoms with van der Waals surface area (Å²) >= 11 is 1.25. The van der Waals surface area contributed by atoms with Crippen LogP contribution in [0.5, 0.6) is 0 Å². The van der Waals surface area contributed by atoms with Crippen LogP contribution in [0.4, 0.5) is 30.7 Å². The van der Waals surface area contributed by atoms with Crippen molar-refractivity contribution in [2.75, 3.05) is 0 Å². The van der Waals surface area contributed by atoms with Gasteiger partial charge in [0, 0.05) is 15.9 Å². The van der Waals surface area contributed by atoms with Gasteiger partial charge < -0.3 is 4.74 Å². The molecule has 0 bridgehead atoms. The summed E-state index contributed by atoms with van der Waals surface area (Å²) in [5.74, 6) is 0. The van der Waals surface area contributed by atoms with Crippen molar-refractivity contribution < 1.29 is 35.5 Å². The van der Waals surface area contributed by atoms with Gasteiger partial charge in [-0.15, -0.1) is 0 Å². The van der Waals surface area contributed by atoms with Gasteiger partial charge in [-0.2, -0.15) is 30.7 Å². The summed E-state index contributed by atoms with van der Waals surface area (Å²) in [6, 6.07) is -2.93. The summed E-state index contributed by atoms with van der Waals surface area (Å²) in [6.45, 7) is 0. The number of alkyl halides is 5. The van der Waals surface area contributed by atoms with Gasteiger partial charge in [0.2, 0.25) is 0 Å². The molecule has 1 atom stereocenters. The summed E-state index contributed by atoms with van der Waals surface area (Å²) in [6.07, 6.45) is -8.86. The molecule has 0 saturated carbocycles. The van der Waals surface area contributed by atoms with Crippen LogP contribution in [0.2, 0.25) is 0 Å². The van der Waals surface area contributed by atoms with E-state index in [1.54, 1.807) is 0 Å². The van der Waals surface area contributed by atoms with E-state index >= 15 is 0 Å². The highest BCUT2D eigenvalue weighted by atomic mass is 79.9. The van der Waals surface area contributed by atoms with Crippen LogP contribution in [0, 0.1) is 0 Å². The quantitative estimate of drug-likeness (QED) is 0.425. The average molecular weight is 277 g/mol.